The lowest BCUT2D eigenvalue weighted by atomic mass is 9.96. The Kier molecular flexibility index (Phi) is 14.9. The normalized spacial score (nSPS) is 12.2. The number of rotatable bonds is 4. The highest BCUT2D eigenvalue weighted by Gasteiger charge is 2.29. The molecule has 0 bridgehead atoms. The first kappa shape index (κ1) is 60.2. The molecule has 0 fully saturated rings. The molecule has 0 aliphatic carbocycles. The standard InChI is InChI=1S/3C23H19N2O.C22H17N2O/c1-14-13-18-21-17-8-5-4-7-16(17)9-10-19(21)26-22(18)20(15(14)2)23-24-11-6-12-25(23)3;1-14-13-15(2)20(23-24-11-6-12-25(23)3)22-19(14)21-17-8-5-4-7-16(17)9-10-18(21)26-22;1-14-8-10-18-21-17-7-5-4-6-16(17)9-11-19(21)26-22(18)20(14)23-24-15(2)12-13-25(23)3;1-14-9-11-17-21-16-7-4-3-6-15(16)10-12-19(21)25-22(17)20(14)18-8-5-13-23-24(18)2/h3*4-13H,1-3H3;3-13H,1-2H3/q4*+1/i;1D3;;. The maximum Gasteiger partial charge on any atom is 0.334 e. The number of aryl methyl sites for hydroxylation is 10. The van der Waals surface area contributed by atoms with Crippen LogP contribution >= 0.6 is 0 Å². The number of benzene rings is 12. The second-order valence-electron chi connectivity index (χ2n) is 26.9. The van der Waals surface area contributed by atoms with E-state index in [1.165, 1.54) is 65.2 Å². The molecule has 12 aromatic carbocycles. The summed E-state index contributed by atoms with van der Waals surface area (Å²) in [7, 11) is 7.93. The van der Waals surface area contributed by atoms with Crippen LogP contribution in [0.25, 0.3) is 176 Å². The first-order valence-corrected chi connectivity index (χ1v) is 34.5. The van der Waals surface area contributed by atoms with Crippen LogP contribution in [0.1, 0.15) is 43.2 Å². The first-order valence-electron chi connectivity index (χ1n) is 36.0. The van der Waals surface area contributed by atoms with Gasteiger partial charge in [0, 0.05) is 78.4 Å². The fraction of sp³-hybridized carbons (Fsp3) is 0.121. The second-order valence-corrected chi connectivity index (χ2v) is 26.9. The van der Waals surface area contributed by atoms with Gasteiger partial charge < -0.3 is 17.7 Å². The molecule has 498 valence electrons. The van der Waals surface area contributed by atoms with Gasteiger partial charge >= 0.3 is 17.5 Å². The van der Waals surface area contributed by atoms with E-state index in [9.17, 15) is 0 Å². The number of hydrogen-bond acceptors (Lipinski definition) is 8. The third-order valence-electron chi connectivity index (χ3n) is 20.3. The number of hydrogen-bond donors (Lipinski definition) is 0. The van der Waals surface area contributed by atoms with Gasteiger partial charge in [0.1, 0.15) is 57.0 Å². The molecule has 0 saturated heterocycles. The van der Waals surface area contributed by atoms with Crippen molar-refractivity contribution < 1.29 is 40.2 Å². The first-order chi connectivity index (χ1) is 51.4. The molecule has 8 heterocycles. The quantitative estimate of drug-likeness (QED) is 0.160. The van der Waals surface area contributed by atoms with Crippen molar-refractivity contribution in [3.63, 3.8) is 0 Å². The van der Waals surface area contributed by atoms with Gasteiger partial charge in [-0.15, -0.1) is 0 Å². The summed E-state index contributed by atoms with van der Waals surface area (Å²) >= 11 is 0. The molecular formula is C91H74N8O4+4. The molecule has 20 aromatic rings. The highest BCUT2D eigenvalue weighted by molar-refractivity contribution is 6.24. The van der Waals surface area contributed by atoms with Crippen molar-refractivity contribution in [2.45, 2.75) is 48.4 Å². The molecule has 0 radical (unpaired) electrons. The molecule has 0 atom stereocenters. The van der Waals surface area contributed by atoms with Crippen molar-refractivity contribution in [3.05, 3.63) is 289 Å². The van der Waals surface area contributed by atoms with Crippen molar-refractivity contribution >= 4 is 131 Å². The molecule has 8 aromatic heterocycles. The molecule has 20 rings (SSSR count). The zero-order valence-corrected chi connectivity index (χ0v) is 58.9. The van der Waals surface area contributed by atoms with Gasteiger partial charge in [-0.05, 0) is 174 Å². The summed E-state index contributed by atoms with van der Waals surface area (Å²) in [5, 5.41) is 22.2. The average Bonchev–Trinajstić information content (AvgIpc) is 1.64. The van der Waals surface area contributed by atoms with Gasteiger partial charge in [0.2, 0.25) is 5.69 Å². The van der Waals surface area contributed by atoms with Crippen molar-refractivity contribution in [3.8, 4) is 45.4 Å². The molecule has 0 saturated carbocycles. The van der Waals surface area contributed by atoms with Crippen LogP contribution in [0.3, 0.4) is 0 Å². The van der Waals surface area contributed by atoms with Crippen molar-refractivity contribution in [2.24, 2.45) is 28.2 Å². The van der Waals surface area contributed by atoms with Gasteiger partial charge in [-0.3, -0.25) is 0 Å². The topological polar surface area (TPSA) is 120 Å². The molecule has 0 unspecified atom stereocenters. The molecule has 12 heteroatoms. The van der Waals surface area contributed by atoms with E-state index in [1.54, 1.807) is 18.5 Å². The Bertz CT molecular complexity index is 6990. The Morgan fingerprint density at radius 1 is 0.320 bits per heavy atom. The Morgan fingerprint density at radius 2 is 0.767 bits per heavy atom. The number of furan rings is 4. The summed E-state index contributed by atoms with van der Waals surface area (Å²) in [6.45, 7) is 10.2. The van der Waals surface area contributed by atoms with E-state index in [-0.39, 0.29) is 0 Å². The fourth-order valence-electron chi connectivity index (χ4n) is 15.2. The van der Waals surface area contributed by atoms with Crippen LogP contribution in [0.5, 0.6) is 0 Å². The van der Waals surface area contributed by atoms with Gasteiger partial charge in [-0.2, -0.15) is 0 Å². The Balaban J connectivity index is 0.000000104. The summed E-state index contributed by atoms with van der Waals surface area (Å²) in [6.07, 6.45) is 11.4. The van der Waals surface area contributed by atoms with Crippen LogP contribution in [0, 0.1) is 48.4 Å². The monoisotopic (exact) mass is 1350 g/mol. The Morgan fingerprint density at radius 3 is 1.29 bits per heavy atom. The molecular weight excluding hydrogens is 1270 g/mol. The highest BCUT2D eigenvalue weighted by Crippen LogP contribution is 2.45. The zero-order valence-electron chi connectivity index (χ0n) is 61.9. The van der Waals surface area contributed by atoms with Gasteiger partial charge in [-0.1, -0.05) is 156 Å². The van der Waals surface area contributed by atoms with E-state index in [0.29, 0.717) is 22.1 Å². The minimum absolute atomic E-state index is 0.308. The van der Waals surface area contributed by atoms with Crippen LogP contribution < -0.4 is 18.4 Å². The zero-order chi connectivity index (χ0) is 73.0. The van der Waals surface area contributed by atoms with Gasteiger partial charge in [-0.25, -0.2) is 13.7 Å². The Labute approximate surface area is 598 Å². The summed E-state index contributed by atoms with van der Waals surface area (Å²) < 4.78 is 57.8. The van der Waals surface area contributed by atoms with E-state index < -0.39 is 6.85 Å². The van der Waals surface area contributed by atoms with E-state index in [2.05, 4.69) is 193 Å². The van der Waals surface area contributed by atoms with Gasteiger partial charge in [0.25, 0.3) is 0 Å². The van der Waals surface area contributed by atoms with Crippen LogP contribution in [0.15, 0.2) is 267 Å². The molecule has 12 nitrogen and oxygen atoms in total. The van der Waals surface area contributed by atoms with Crippen LogP contribution in [-0.2, 0) is 28.2 Å². The summed E-state index contributed by atoms with van der Waals surface area (Å²) in [6, 6.07) is 72.4. The summed E-state index contributed by atoms with van der Waals surface area (Å²) in [4.78, 5) is 14.0. The molecule has 0 aliphatic heterocycles. The third kappa shape index (κ3) is 10.7. The molecule has 0 N–H and O–H groups in total. The second kappa shape index (κ2) is 25.4. The lowest BCUT2D eigenvalue weighted by molar-refractivity contribution is -0.720. The van der Waals surface area contributed by atoms with Crippen LogP contribution in [-0.4, -0.2) is 20.1 Å². The predicted octanol–water partition coefficient (Wildman–Crippen LogP) is 20.7. The highest BCUT2D eigenvalue weighted by atomic mass is 16.3. The van der Waals surface area contributed by atoms with E-state index >= 15 is 0 Å². The fourth-order valence-corrected chi connectivity index (χ4v) is 15.2. The molecule has 103 heavy (non-hydrogen) atoms. The third-order valence-corrected chi connectivity index (χ3v) is 20.3. The van der Waals surface area contributed by atoms with E-state index in [0.717, 1.165) is 128 Å². The van der Waals surface area contributed by atoms with E-state index in [4.69, 9.17) is 26.8 Å². The largest absolute Gasteiger partial charge is 0.455 e. The van der Waals surface area contributed by atoms with Crippen molar-refractivity contribution in [1.82, 2.24) is 20.1 Å². The predicted molar refractivity (Wildman–Crippen MR) is 416 cm³/mol. The van der Waals surface area contributed by atoms with E-state index in [1.807, 2.05) is 141 Å². The number of nitrogens with zero attached hydrogens (tertiary/aromatic N) is 8. The maximum absolute atomic E-state index is 8.16. The lowest BCUT2D eigenvalue weighted by Gasteiger charge is -2.07. The summed E-state index contributed by atoms with van der Waals surface area (Å²) in [5.74, 6) is 2.58. The minimum Gasteiger partial charge on any atom is -0.455 e. The lowest BCUT2D eigenvalue weighted by Crippen LogP contribution is -2.35. The smallest absolute Gasteiger partial charge is 0.334 e. The number of fused-ring (bicyclic) bond motifs is 20. The molecule has 0 spiro atoms. The SMILES string of the molecule is Cc1cc2c(oc3ccc4ccccc4c32)c(-c2nccc[n+]2C)c1C.Cc1cc[n+](C)c(-c2c(C)ccc3c2oc2ccc4ccccc4c23)n1.Cc1ccc2c(oc3ccc4ccccc4c32)c1-c1cccn[n+]1C.[2H]C([2H])([2H])c1cc(C)c(-c2nccc[n+]2C)c2oc3ccc4ccccc4c3c12. The average molecular weight is 1350 g/mol. The van der Waals surface area contributed by atoms with Crippen molar-refractivity contribution in [2.75, 3.05) is 0 Å². The minimum atomic E-state index is -2.26. The van der Waals surface area contributed by atoms with Crippen molar-refractivity contribution in [1.29, 1.82) is 0 Å². The van der Waals surface area contributed by atoms with Crippen LogP contribution in [0.2, 0.25) is 0 Å². The molecule has 0 amide bonds. The summed E-state index contributed by atoms with van der Waals surface area (Å²) in [5.41, 5.74) is 18.8. The van der Waals surface area contributed by atoms with Crippen LogP contribution in [0.4, 0.5) is 0 Å². The van der Waals surface area contributed by atoms with Gasteiger partial charge in [0.15, 0.2) is 29.5 Å². The van der Waals surface area contributed by atoms with Gasteiger partial charge in [0.05, 0.1) is 51.5 Å². The number of aromatic nitrogens is 8. The Hall–Kier alpha value is -12.8. The maximum atomic E-state index is 8.16. The molecule has 0 aliphatic rings.